The van der Waals surface area contributed by atoms with Crippen LogP contribution in [-0.4, -0.2) is 10.1 Å². The van der Waals surface area contributed by atoms with E-state index in [9.17, 15) is 0 Å². The van der Waals surface area contributed by atoms with Gasteiger partial charge in [-0.2, -0.15) is 4.98 Å². The Hall–Kier alpha value is -1.59. The molecule has 0 aliphatic carbocycles. The van der Waals surface area contributed by atoms with E-state index < -0.39 is 5.54 Å². The van der Waals surface area contributed by atoms with Crippen LogP contribution in [-0.2, 0) is 12.1 Å². The van der Waals surface area contributed by atoms with Gasteiger partial charge in [0.1, 0.15) is 5.75 Å². The van der Waals surface area contributed by atoms with E-state index >= 15 is 0 Å². The molecule has 0 saturated heterocycles. The Balaban J connectivity index is 2.08. The lowest BCUT2D eigenvalue weighted by Crippen LogP contribution is -2.30. The molecule has 0 spiro atoms. The highest BCUT2D eigenvalue weighted by Crippen LogP contribution is 2.26. The summed E-state index contributed by atoms with van der Waals surface area (Å²) < 4.78 is 10.7. The van der Waals surface area contributed by atoms with Gasteiger partial charge in [-0.1, -0.05) is 16.8 Å². The fourth-order valence-corrected chi connectivity index (χ4v) is 1.82. The Labute approximate surface area is 123 Å². The molecular weight excluding hydrogens is 278 g/mol. The average Bonchev–Trinajstić information content (AvgIpc) is 2.82. The summed E-state index contributed by atoms with van der Waals surface area (Å²) in [5, 5.41) is 4.59. The van der Waals surface area contributed by atoms with Crippen molar-refractivity contribution in [2.24, 2.45) is 5.73 Å². The van der Waals surface area contributed by atoms with Gasteiger partial charge in [0.05, 0.1) is 5.54 Å². The van der Waals surface area contributed by atoms with Gasteiger partial charge in [-0.15, -0.1) is 0 Å². The molecule has 108 valence electrons. The number of rotatable bonds is 4. The SMILES string of the molecule is Cc1cc(OCc2nc(C(C)(C)N)no2)cc(C)c1Cl. The van der Waals surface area contributed by atoms with E-state index in [4.69, 9.17) is 26.6 Å². The molecule has 1 aromatic carbocycles. The van der Waals surface area contributed by atoms with Crippen LogP contribution in [0.25, 0.3) is 0 Å². The van der Waals surface area contributed by atoms with E-state index in [1.165, 1.54) is 0 Å². The van der Waals surface area contributed by atoms with Crippen molar-refractivity contribution in [2.75, 3.05) is 0 Å². The Morgan fingerprint density at radius 2 is 1.90 bits per heavy atom. The topological polar surface area (TPSA) is 74.2 Å². The summed E-state index contributed by atoms with van der Waals surface area (Å²) in [5.41, 5.74) is 7.20. The van der Waals surface area contributed by atoms with Crippen molar-refractivity contribution < 1.29 is 9.26 Å². The molecule has 20 heavy (non-hydrogen) atoms. The van der Waals surface area contributed by atoms with E-state index in [-0.39, 0.29) is 6.61 Å². The number of ether oxygens (including phenoxy) is 1. The summed E-state index contributed by atoms with van der Waals surface area (Å²) in [6.07, 6.45) is 0. The van der Waals surface area contributed by atoms with Crippen LogP contribution >= 0.6 is 11.6 Å². The predicted molar refractivity (Wildman–Crippen MR) is 76.8 cm³/mol. The first-order chi connectivity index (χ1) is 9.27. The molecule has 1 heterocycles. The Morgan fingerprint density at radius 1 is 1.30 bits per heavy atom. The number of hydrogen-bond acceptors (Lipinski definition) is 5. The molecule has 0 bridgehead atoms. The van der Waals surface area contributed by atoms with E-state index in [1.54, 1.807) is 0 Å². The van der Waals surface area contributed by atoms with Gasteiger partial charge in [0.2, 0.25) is 0 Å². The Bertz CT molecular complexity index is 594. The molecule has 0 radical (unpaired) electrons. The summed E-state index contributed by atoms with van der Waals surface area (Å²) >= 11 is 6.11. The van der Waals surface area contributed by atoms with E-state index in [1.807, 2.05) is 39.8 Å². The number of halogens is 1. The zero-order chi connectivity index (χ0) is 14.9. The van der Waals surface area contributed by atoms with Crippen LogP contribution in [0.1, 0.15) is 36.7 Å². The van der Waals surface area contributed by atoms with Gasteiger partial charge in [-0.3, -0.25) is 0 Å². The zero-order valence-electron chi connectivity index (χ0n) is 12.0. The maximum absolute atomic E-state index is 6.11. The second-order valence-electron chi connectivity index (χ2n) is 5.39. The molecule has 2 rings (SSSR count). The fraction of sp³-hybridized carbons (Fsp3) is 0.429. The Kier molecular flexibility index (Phi) is 4.01. The summed E-state index contributed by atoms with van der Waals surface area (Å²) in [6.45, 7) is 7.69. The minimum absolute atomic E-state index is 0.198. The summed E-state index contributed by atoms with van der Waals surface area (Å²) in [7, 11) is 0. The molecule has 0 unspecified atom stereocenters. The maximum atomic E-state index is 6.11. The molecule has 0 atom stereocenters. The highest BCUT2D eigenvalue weighted by atomic mass is 35.5. The predicted octanol–water partition coefficient (Wildman–Crippen LogP) is 3.11. The highest BCUT2D eigenvalue weighted by Gasteiger charge is 2.21. The van der Waals surface area contributed by atoms with Gasteiger partial charge in [0.15, 0.2) is 12.4 Å². The first kappa shape index (κ1) is 14.8. The van der Waals surface area contributed by atoms with E-state index in [0.29, 0.717) is 11.7 Å². The van der Waals surface area contributed by atoms with Gasteiger partial charge >= 0.3 is 0 Å². The fourth-order valence-electron chi connectivity index (χ4n) is 1.71. The average molecular weight is 296 g/mol. The van der Waals surface area contributed by atoms with E-state index in [2.05, 4.69) is 10.1 Å². The number of hydrogen-bond donors (Lipinski definition) is 1. The first-order valence-corrected chi connectivity index (χ1v) is 6.66. The lowest BCUT2D eigenvalue weighted by atomic mass is 10.1. The summed E-state index contributed by atoms with van der Waals surface area (Å²) in [5.74, 6) is 1.57. The van der Waals surface area contributed by atoms with Crippen molar-refractivity contribution in [2.45, 2.75) is 39.8 Å². The van der Waals surface area contributed by atoms with Gasteiger partial charge in [-0.05, 0) is 51.0 Å². The smallest absolute Gasteiger partial charge is 0.264 e. The van der Waals surface area contributed by atoms with Crippen molar-refractivity contribution in [3.63, 3.8) is 0 Å². The molecule has 2 aromatic rings. The Morgan fingerprint density at radius 3 is 2.40 bits per heavy atom. The van der Waals surface area contributed by atoms with Crippen molar-refractivity contribution in [3.05, 3.63) is 40.0 Å². The molecule has 0 amide bonds. The van der Waals surface area contributed by atoms with Crippen molar-refractivity contribution in [1.29, 1.82) is 0 Å². The third-order valence-electron chi connectivity index (χ3n) is 2.82. The van der Waals surface area contributed by atoms with Gasteiger partial charge < -0.3 is 15.0 Å². The third kappa shape index (κ3) is 3.29. The summed E-state index contributed by atoms with van der Waals surface area (Å²) in [6, 6.07) is 3.75. The molecule has 5 nitrogen and oxygen atoms in total. The number of aryl methyl sites for hydroxylation is 2. The molecule has 0 fully saturated rings. The number of nitrogens with two attached hydrogens (primary N) is 1. The molecule has 2 N–H and O–H groups in total. The second kappa shape index (κ2) is 5.42. The molecular formula is C14H18ClN3O2. The van der Waals surface area contributed by atoms with Crippen LogP contribution in [0, 0.1) is 13.8 Å². The monoisotopic (exact) mass is 295 g/mol. The van der Waals surface area contributed by atoms with Gasteiger partial charge in [-0.25, -0.2) is 0 Å². The van der Waals surface area contributed by atoms with Gasteiger partial charge in [0.25, 0.3) is 5.89 Å². The normalized spacial score (nSPS) is 11.7. The molecule has 1 aromatic heterocycles. The summed E-state index contributed by atoms with van der Waals surface area (Å²) in [4.78, 5) is 4.21. The van der Waals surface area contributed by atoms with Crippen LogP contribution < -0.4 is 10.5 Å². The van der Waals surface area contributed by atoms with Crippen LogP contribution in [0.5, 0.6) is 5.75 Å². The lowest BCUT2D eigenvalue weighted by molar-refractivity contribution is 0.241. The van der Waals surface area contributed by atoms with E-state index in [0.717, 1.165) is 21.9 Å². The highest BCUT2D eigenvalue weighted by molar-refractivity contribution is 6.32. The molecule has 6 heteroatoms. The van der Waals surface area contributed by atoms with Gasteiger partial charge in [0, 0.05) is 5.02 Å². The van der Waals surface area contributed by atoms with Crippen molar-refractivity contribution in [3.8, 4) is 5.75 Å². The third-order valence-corrected chi connectivity index (χ3v) is 3.41. The standard InChI is InChI=1S/C14H18ClN3O2/c1-8-5-10(6-9(2)12(8)15)19-7-11-17-13(18-20-11)14(3,4)16/h5-6H,7,16H2,1-4H3. The van der Waals surface area contributed by atoms with Crippen molar-refractivity contribution in [1.82, 2.24) is 10.1 Å². The quantitative estimate of drug-likeness (QED) is 0.938. The van der Waals surface area contributed by atoms with Crippen LogP contribution in [0.4, 0.5) is 0 Å². The first-order valence-electron chi connectivity index (χ1n) is 6.29. The minimum Gasteiger partial charge on any atom is -0.484 e. The zero-order valence-corrected chi connectivity index (χ0v) is 12.8. The number of aromatic nitrogens is 2. The van der Waals surface area contributed by atoms with Crippen LogP contribution in [0.15, 0.2) is 16.7 Å². The second-order valence-corrected chi connectivity index (χ2v) is 5.77. The van der Waals surface area contributed by atoms with Crippen LogP contribution in [0.2, 0.25) is 5.02 Å². The van der Waals surface area contributed by atoms with Crippen LogP contribution in [0.3, 0.4) is 0 Å². The lowest BCUT2D eigenvalue weighted by Gasteiger charge is -2.11. The molecule has 0 saturated carbocycles. The van der Waals surface area contributed by atoms with Crippen molar-refractivity contribution >= 4 is 11.6 Å². The molecule has 0 aliphatic heterocycles. The minimum atomic E-state index is -0.630. The molecule has 0 aliphatic rings. The maximum Gasteiger partial charge on any atom is 0.264 e. The number of nitrogens with zero attached hydrogens (tertiary/aromatic N) is 2. The number of benzene rings is 1. The largest absolute Gasteiger partial charge is 0.484 e.